The number of allylic oxidation sites excluding steroid dienone is 14. The van der Waals surface area contributed by atoms with Crippen molar-refractivity contribution in [3.05, 3.63) is 85.1 Å². The lowest BCUT2D eigenvalue weighted by Crippen LogP contribution is -2.30. The van der Waals surface area contributed by atoms with Gasteiger partial charge in [-0.3, -0.25) is 14.4 Å². The normalized spacial score (nSPS) is 12.7. The fourth-order valence-corrected chi connectivity index (χ4v) is 6.98. The number of esters is 3. The van der Waals surface area contributed by atoms with Crippen LogP contribution in [0.2, 0.25) is 0 Å². The van der Waals surface area contributed by atoms with Gasteiger partial charge in [0.1, 0.15) is 13.2 Å². The topological polar surface area (TPSA) is 78.9 Å². The van der Waals surface area contributed by atoms with Crippen LogP contribution in [0.4, 0.5) is 0 Å². The Bertz CT molecular complexity index is 1240. The van der Waals surface area contributed by atoms with Crippen LogP contribution in [-0.4, -0.2) is 37.2 Å². The molecule has 0 saturated carbocycles. The fraction of sp³-hybridized carbons (Fsp3) is 0.702. The third-order valence-corrected chi connectivity index (χ3v) is 10.9. The zero-order valence-corrected chi connectivity index (χ0v) is 41.1. The first-order valence-corrected chi connectivity index (χ1v) is 26.1. The zero-order chi connectivity index (χ0) is 45.8. The lowest BCUT2D eigenvalue weighted by Gasteiger charge is -2.18. The molecule has 1 atom stereocenters. The van der Waals surface area contributed by atoms with E-state index in [1.54, 1.807) is 0 Å². The maximum Gasteiger partial charge on any atom is 0.306 e. The highest BCUT2D eigenvalue weighted by Gasteiger charge is 2.19. The number of carbonyl (C=O) groups is 3. The summed E-state index contributed by atoms with van der Waals surface area (Å²) in [6, 6.07) is 0. The van der Waals surface area contributed by atoms with E-state index in [2.05, 4.69) is 99.8 Å². The highest BCUT2D eigenvalue weighted by atomic mass is 16.6. The summed E-state index contributed by atoms with van der Waals surface area (Å²) in [5.74, 6) is -0.999. The molecule has 0 bridgehead atoms. The van der Waals surface area contributed by atoms with Gasteiger partial charge in [-0.2, -0.15) is 0 Å². The SMILES string of the molecule is CC/C=C\C/C=C\C/C=C\C/C=C\C/C=C\C/C=C\CCC(=O)OC[C@H](COC(=O)CCCCCCCCCCCCCCCCC)OC(=O)CCCCCCC/C=C\CCCC. The van der Waals surface area contributed by atoms with Gasteiger partial charge >= 0.3 is 17.9 Å². The average molecular weight is 877 g/mol. The van der Waals surface area contributed by atoms with Crippen LogP contribution in [0.5, 0.6) is 0 Å². The molecule has 0 amide bonds. The van der Waals surface area contributed by atoms with Gasteiger partial charge in [0.2, 0.25) is 0 Å². The predicted octanol–water partition coefficient (Wildman–Crippen LogP) is 17.2. The summed E-state index contributed by atoms with van der Waals surface area (Å²) in [6.45, 7) is 6.41. The number of hydrogen-bond acceptors (Lipinski definition) is 6. The van der Waals surface area contributed by atoms with E-state index in [1.165, 1.54) is 103 Å². The lowest BCUT2D eigenvalue weighted by atomic mass is 10.0. The molecule has 0 aliphatic carbocycles. The maximum atomic E-state index is 12.8. The lowest BCUT2D eigenvalue weighted by molar-refractivity contribution is -0.166. The monoisotopic (exact) mass is 877 g/mol. The molecule has 0 aromatic heterocycles. The molecule has 0 aliphatic heterocycles. The molecule has 0 fully saturated rings. The van der Waals surface area contributed by atoms with Gasteiger partial charge in [0.05, 0.1) is 0 Å². The summed E-state index contributed by atoms with van der Waals surface area (Å²) >= 11 is 0. The molecule has 0 N–H and O–H groups in total. The zero-order valence-electron chi connectivity index (χ0n) is 41.1. The van der Waals surface area contributed by atoms with Gasteiger partial charge in [-0.15, -0.1) is 0 Å². The van der Waals surface area contributed by atoms with Gasteiger partial charge in [0.15, 0.2) is 6.10 Å². The van der Waals surface area contributed by atoms with Crippen LogP contribution in [0.15, 0.2) is 85.1 Å². The van der Waals surface area contributed by atoms with Crippen molar-refractivity contribution in [2.24, 2.45) is 0 Å². The first kappa shape index (κ1) is 59.6. The van der Waals surface area contributed by atoms with Crippen molar-refractivity contribution >= 4 is 17.9 Å². The number of hydrogen-bond donors (Lipinski definition) is 0. The summed E-state index contributed by atoms with van der Waals surface area (Å²) in [6.07, 6.45) is 65.8. The Kier molecular flexibility index (Phi) is 48.5. The van der Waals surface area contributed by atoms with Crippen molar-refractivity contribution in [2.45, 2.75) is 245 Å². The van der Waals surface area contributed by atoms with E-state index in [1.807, 2.05) is 6.08 Å². The smallest absolute Gasteiger partial charge is 0.306 e. The van der Waals surface area contributed by atoms with E-state index in [0.29, 0.717) is 19.3 Å². The summed E-state index contributed by atoms with van der Waals surface area (Å²) in [7, 11) is 0. The van der Waals surface area contributed by atoms with Crippen molar-refractivity contribution in [2.75, 3.05) is 13.2 Å². The van der Waals surface area contributed by atoms with Crippen molar-refractivity contribution in [1.82, 2.24) is 0 Å². The molecule has 0 unspecified atom stereocenters. The minimum atomic E-state index is -0.808. The quantitative estimate of drug-likeness (QED) is 0.0262. The minimum Gasteiger partial charge on any atom is -0.462 e. The molecule has 0 aliphatic rings. The maximum absolute atomic E-state index is 12.8. The number of rotatable bonds is 46. The van der Waals surface area contributed by atoms with Crippen LogP contribution in [0.25, 0.3) is 0 Å². The van der Waals surface area contributed by atoms with Gasteiger partial charge in [-0.25, -0.2) is 0 Å². The summed E-state index contributed by atoms with van der Waals surface area (Å²) < 4.78 is 16.7. The number of ether oxygens (including phenoxy) is 3. The fourth-order valence-electron chi connectivity index (χ4n) is 6.98. The average Bonchev–Trinajstić information content (AvgIpc) is 3.28. The molecule has 6 nitrogen and oxygen atoms in total. The molecule has 0 radical (unpaired) electrons. The van der Waals surface area contributed by atoms with E-state index < -0.39 is 6.10 Å². The molecule has 0 heterocycles. The Morgan fingerprint density at radius 2 is 0.667 bits per heavy atom. The Hall–Kier alpha value is -3.41. The molecule has 360 valence electrons. The molecule has 0 spiro atoms. The molecule has 0 rings (SSSR count). The summed E-state index contributed by atoms with van der Waals surface area (Å²) in [4.78, 5) is 37.9. The van der Waals surface area contributed by atoms with Gasteiger partial charge < -0.3 is 14.2 Å². The van der Waals surface area contributed by atoms with Crippen LogP contribution in [0.1, 0.15) is 239 Å². The second-order valence-electron chi connectivity index (χ2n) is 17.1. The molecule has 0 aromatic carbocycles. The highest BCUT2D eigenvalue weighted by Crippen LogP contribution is 2.15. The van der Waals surface area contributed by atoms with Crippen LogP contribution < -0.4 is 0 Å². The Balaban J connectivity index is 4.46. The van der Waals surface area contributed by atoms with E-state index >= 15 is 0 Å². The van der Waals surface area contributed by atoms with Crippen molar-refractivity contribution in [3.63, 3.8) is 0 Å². The number of unbranched alkanes of at least 4 members (excludes halogenated alkanes) is 21. The van der Waals surface area contributed by atoms with Crippen molar-refractivity contribution < 1.29 is 28.6 Å². The van der Waals surface area contributed by atoms with E-state index in [4.69, 9.17) is 14.2 Å². The molecule has 6 heteroatoms. The third-order valence-electron chi connectivity index (χ3n) is 10.9. The minimum absolute atomic E-state index is 0.102. The Labute approximate surface area is 388 Å². The first-order valence-electron chi connectivity index (χ1n) is 26.1. The third kappa shape index (κ3) is 49.5. The first-order chi connectivity index (χ1) is 31.0. The van der Waals surface area contributed by atoms with Gasteiger partial charge in [0, 0.05) is 19.3 Å². The van der Waals surface area contributed by atoms with Crippen LogP contribution in [0, 0.1) is 0 Å². The van der Waals surface area contributed by atoms with Gasteiger partial charge in [-0.1, -0.05) is 228 Å². The molecule has 0 aromatic rings. The van der Waals surface area contributed by atoms with Crippen molar-refractivity contribution in [1.29, 1.82) is 0 Å². The number of carbonyl (C=O) groups excluding carboxylic acids is 3. The Morgan fingerprint density at radius 3 is 1.11 bits per heavy atom. The van der Waals surface area contributed by atoms with E-state index in [-0.39, 0.29) is 37.5 Å². The Morgan fingerprint density at radius 1 is 0.333 bits per heavy atom. The largest absolute Gasteiger partial charge is 0.462 e. The molecular weight excluding hydrogens is 781 g/mol. The molecule has 63 heavy (non-hydrogen) atoms. The van der Waals surface area contributed by atoms with E-state index in [9.17, 15) is 14.4 Å². The van der Waals surface area contributed by atoms with Gasteiger partial charge in [-0.05, 0) is 77.0 Å². The molecule has 0 saturated heterocycles. The van der Waals surface area contributed by atoms with E-state index in [0.717, 1.165) is 89.9 Å². The van der Waals surface area contributed by atoms with Crippen LogP contribution >= 0.6 is 0 Å². The standard InChI is InChI=1S/C57H96O6/c1-4-7-10-13-16-19-22-24-26-27-28-29-31-33-36-38-41-44-47-50-56(59)62-53-54(63-57(60)51-48-45-42-39-34-21-18-15-12-9-6-3)52-61-55(58)49-46-43-40-37-35-32-30-25-23-20-17-14-11-8-5-2/h7,10,15-16,18-19,24,26,28-29,33,36,41,44,54H,4-6,8-9,11-14,17,20-23,25,27,30-32,34-35,37-40,42-43,45-53H2,1-3H3/b10-7-,18-15-,19-16-,26-24-,29-28-,36-33-,44-41-/t54-/m0/s1. The van der Waals surface area contributed by atoms with Crippen molar-refractivity contribution in [3.8, 4) is 0 Å². The summed E-state index contributed by atoms with van der Waals surface area (Å²) in [5, 5.41) is 0. The second-order valence-corrected chi connectivity index (χ2v) is 17.1. The van der Waals surface area contributed by atoms with Gasteiger partial charge in [0.25, 0.3) is 0 Å². The molecular formula is C57H96O6. The predicted molar refractivity (Wildman–Crippen MR) is 270 cm³/mol. The van der Waals surface area contributed by atoms with Crippen LogP contribution in [-0.2, 0) is 28.6 Å². The second kappa shape index (κ2) is 51.2. The summed E-state index contributed by atoms with van der Waals surface area (Å²) in [5.41, 5.74) is 0. The highest BCUT2D eigenvalue weighted by molar-refractivity contribution is 5.71. The van der Waals surface area contributed by atoms with Crippen LogP contribution in [0.3, 0.4) is 0 Å².